The van der Waals surface area contributed by atoms with Crippen LogP contribution in [0.3, 0.4) is 0 Å². The number of hydrogen-bond acceptors (Lipinski definition) is 3. The molecular weight excluding hydrogens is 243 g/mol. The van der Waals surface area contributed by atoms with Gasteiger partial charge in [0.15, 0.2) is 3.77 Å². The van der Waals surface area contributed by atoms with Crippen molar-refractivity contribution in [3.63, 3.8) is 0 Å². The first-order valence-electron chi connectivity index (χ1n) is 2.64. The van der Waals surface area contributed by atoms with Crippen LogP contribution in [0.2, 0.25) is 0 Å². The van der Waals surface area contributed by atoms with Gasteiger partial charge in [0.05, 0.1) is 12.3 Å². The van der Waals surface area contributed by atoms with E-state index >= 15 is 0 Å². The quantitative estimate of drug-likeness (QED) is 0.764. The Labute approximate surface area is 71.9 Å². The third-order valence-electron chi connectivity index (χ3n) is 1.12. The normalized spacial score (nSPS) is 12.5. The molecule has 0 amide bonds. The summed E-state index contributed by atoms with van der Waals surface area (Å²) >= 11 is 2.00. The molecule has 0 saturated heterocycles. The molecule has 2 N–H and O–H groups in total. The number of nitrogens with zero attached hydrogens (tertiary/aromatic N) is 1. The Morgan fingerprint density at radius 2 is 2.50 bits per heavy atom. The number of nitriles is 1. The standard InChI is InChI=1S/C6H5IN2O/c7-6-4(1-2-10-6)5(9)3-8/h1-2,5H,9H2. The molecule has 1 heterocycles. The van der Waals surface area contributed by atoms with Crippen molar-refractivity contribution in [1.82, 2.24) is 0 Å². The largest absolute Gasteiger partial charge is 0.458 e. The topological polar surface area (TPSA) is 63.0 Å². The van der Waals surface area contributed by atoms with E-state index in [0.29, 0.717) is 3.77 Å². The molecule has 52 valence electrons. The Bertz CT molecular complexity index is 263. The minimum Gasteiger partial charge on any atom is -0.458 e. The van der Waals surface area contributed by atoms with Crippen LogP contribution in [0, 0.1) is 15.1 Å². The molecule has 1 aromatic heterocycles. The van der Waals surface area contributed by atoms with Crippen LogP contribution >= 0.6 is 22.6 Å². The van der Waals surface area contributed by atoms with Crippen LogP contribution in [0.1, 0.15) is 11.6 Å². The summed E-state index contributed by atoms with van der Waals surface area (Å²) in [5, 5.41) is 8.41. The maximum absolute atomic E-state index is 8.41. The lowest BCUT2D eigenvalue weighted by molar-refractivity contribution is 0.532. The molecule has 1 unspecified atom stereocenters. The molecule has 1 aromatic rings. The molecule has 0 saturated carbocycles. The van der Waals surface area contributed by atoms with Crippen LogP contribution in [0.5, 0.6) is 0 Å². The van der Waals surface area contributed by atoms with Gasteiger partial charge in [-0.25, -0.2) is 0 Å². The third kappa shape index (κ3) is 1.30. The lowest BCUT2D eigenvalue weighted by Crippen LogP contribution is -2.06. The maximum atomic E-state index is 8.41. The molecule has 10 heavy (non-hydrogen) atoms. The van der Waals surface area contributed by atoms with Crippen LogP contribution < -0.4 is 5.73 Å². The van der Waals surface area contributed by atoms with Gasteiger partial charge in [-0.3, -0.25) is 0 Å². The molecule has 0 spiro atoms. The second-order valence-corrected chi connectivity index (χ2v) is 2.74. The minimum atomic E-state index is -0.564. The predicted molar refractivity (Wildman–Crippen MR) is 44.0 cm³/mol. The summed E-state index contributed by atoms with van der Waals surface area (Å²) in [6.07, 6.45) is 1.52. The van der Waals surface area contributed by atoms with E-state index in [1.54, 1.807) is 6.07 Å². The van der Waals surface area contributed by atoms with Gasteiger partial charge >= 0.3 is 0 Å². The highest BCUT2D eigenvalue weighted by molar-refractivity contribution is 14.1. The Balaban J connectivity index is 2.96. The van der Waals surface area contributed by atoms with Crippen LogP contribution in [-0.2, 0) is 0 Å². The zero-order valence-electron chi connectivity index (χ0n) is 5.04. The Morgan fingerprint density at radius 1 is 1.80 bits per heavy atom. The van der Waals surface area contributed by atoms with Gasteiger partial charge in [0.2, 0.25) is 0 Å². The number of halogens is 1. The molecule has 0 aliphatic carbocycles. The fraction of sp³-hybridized carbons (Fsp3) is 0.167. The van der Waals surface area contributed by atoms with Crippen LogP contribution in [0.4, 0.5) is 0 Å². The van der Waals surface area contributed by atoms with E-state index < -0.39 is 6.04 Å². The van der Waals surface area contributed by atoms with E-state index in [2.05, 4.69) is 0 Å². The number of rotatable bonds is 1. The van der Waals surface area contributed by atoms with E-state index in [1.165, 1.54) is 6.26 Å². The fourth-order valence-electron chi connectivity index (χ4n) is 0.596. The van der Waals surface area contributed by atoms with Crippen molar-refractivity contribution in [3.05, 3.63) is 21.7 Å². The van der Waals surface area contributed by atoms with E-state index in [9.17, 15) is 0 Å². The molecule has 1 atom stereocenters. The Kier molecular flexibility index (Phi) is 2.29. The SMILES string of the molecule is N#CC(N)c1ccoc1I. The van der Waals surface area contributed by atoms with Gasteiger partial charge in [-0.1, -0.05) is 0 Å². The molecular formula is C6H5IN2O. The molecule has 3 nitrogen and oxygen atoms in total. The van der Waals surface area contributed by atoms with Crippen LogP contribution in [-0.4, -0.2) is 0 Å². The zero-order chi connectivity index (χ0) is 7.56. The van der Waals surface area contributed by atoms with Gasteiger partial charge < -0.3 is 10.2 Å². The summed E-state index contributed by atoms with van der Waals surface area (Å²) in [7, 11) is 0. The van der Waals surface area contributed by atoms with Crippen LogP contribution in [0.25, 0.3) is 0 Å². The molecule has 0 radical (unpaired) electrons. The summed E-state index contributed by atoms with van der Waals surface area (Å²) in [6, 6.07) is 3.06. The highest BCUT2D eigenvalue weighted by atomic mass is 127. The van der Waals surface area contributed by atoms with Gasteiger partial charge in [0, 0.05) is 5.56 Å². The Hall–Kier alpha value is -0.540. The monoisotopic (exact) mass is 248 g/mol. The molecule has 0 fully saturated rings. The van der Waals surface area contributed by atoms with E-state index in [1.807, 2.05) is 28.7 Å². The van der Waals surface area contributed by atoms with Crippen molar-refractivity contribution < 1.29 is 4.42 Å². The Morgan fingerprint density at radius 3 is 2.90 bits per heavy atom. The molecule has 0 bridgehead atoms. The molecule has 4 heteroatoms. The van der Waals surface area contributed by atoms with Gasteiger partial charge in [-0.2, -0.15) is 5.26 Å². The van der Waals surface area contributed by atoms with Gasteiger partial charge in [-0.05, 0) is 28.7 Å². The predicted octanol–water partition coefficient (Wildman–Crippen LogP) is 1.41. The second-order valence-electron chi connectivity index (χ2n) is 1.76. The fourth-order valence-corrected chi connectivity index (χ4v) is 1.26. The molecule has 0 aliphatic heterocycles. The first-order chi connectivity index (χ1) is 4.75. The minimum absolute atomic E-state index is 0.564. The zero-order valence-corrected chi connectivity index (χ0v) is 7.20. The average Bonchev–Trinajstić information content (AvgIpc) is 2.34. The molecule has 0 aliphatic rings. The lowest BCUT2D eigenvalue weighted by atomic mass is 10.2. The maximum Gasteiger partial charge on any atom is 0.169 e. The smallest absolute Gasteiger partial charge is 0.169 e. The van der Waals surface area contributed by atoms with Crippen molar-refractivity contribution in [1.29, 1.82) is 5.26 Å². The number of hydrogen-bond donors (Lipinski definition) is 1. The first-order valence-corrected chi connectivity index (χ1v) is 3.71. The van der Waals surface area contributed by atoms with Gasteiger partial charge in [0.25, 0.3) is 0 Å². The number of nitrogens with two attached hydrogens (primary N) is 1. The van der Waals surface area contributed by atoms with Crippen molar-refractivity contribution in [2.75, 3.05) is 0 Å². The second kappa shape index (κ2) is 3.03. The van der Waals surface area contributed by atoms with E-state index in [-0.39, 0.29) is 0 Å². The summed E-state index contributed by atoms with van der Waals surface area (Å²) < 4.78 is 5.63. The first kappa shape index (κ1) is 7.57. The lowest BCUT2D eigenvalue weighted by Gasteiger charge is -1.95. The van der Waals surface area contributed by atoms with E-state index in [4.69, 9.17) is 15.4 Å². The van der Waals surface area contributed by atoms with Crippen molar-refractivity contribution in [3.8, 4) is 6.07 Å². The third-order valence-corrected chi connectivity index (χ3v) is 2.00. The summed E-state index contributed by atoms with van der Waals surface area (Å²) in [5.74, 6) is 0. The molecule has 0 aromatic carbocycles. The van der Waals surface area contributed by atoms with Crippen LogP contribution in [0.15, 0.2) is 16.7 Å². The number of furan rings is 1. The molecule has 1 rings (SSSR count). The summed E-state index contributed by atoms with van der Waals surface area (Å²) in [6.45, 7) is 0. The van der Waals surface area contributed by atoms with Crippen molar-refractivity contribution in [2.45, 2.75) is 6.04 Å². The highest BCUT2D eigenvalue weighted by Crippen LogP contribution is 2.18. The van der Waals surface area contributed by atoms with Crippen molar-refractivity contribution in [2.24, 2.45) is 5.73 Å². The highest BCUT2D eigenvalue weighted by Gasteiger charge is 2.09. The van der Waals surface area contributed by atoms with Crippen molar-refractivity contribution >= 4 is 22.6 Å². The average molecular weight is 248 g/mol. The summed E-state index contributed by atoms with van der Waals surface area (Å²) in [4.78, 5) is 0. The summed E-state index contributed by atoms with van der Waals surface area (Å²) in [5.41, 5.74) is 6.17. The van der Waals surface area contributed by atoms with E-state index in [0.717, 1.165) is 5.56 Å². The van der Waals surface area contributed by atoms with Gasteiger partial charge in [0.1, 0.15) is 6.04 Å². The van der Waals surface area contributed by atoms with Gasteiger partial charge in [-0.15, -0.1) is 0 Å².